The van der Waals surface area contributed by atoms with E-state index >= 15 is 0 Å². The van der Waals surface area contributed by atoms with E-state index in [4.69, 9.17) is 0 Å². The van der Waals surface area contributed by atoms with Crippen LogP contribution in [-0.2, 0) is 14.4 Å². The molecule has 0 N–H and O–H groups in total. The Kier molecular flexibility index (Phi) is 4.49. The summed E-state index contributed by atoms with van der Waals surface area (Å²) in [5.41, 5.74) is 0.287. The first-order chi connectivity index (χ1) is 9.79. The molecule has 0 aromatic carbocycles. The van der Waals surface area contributed by atoms with Crippen LogP contribution in [0.5, 0.6) is 0 Å². The number of likely N-dealkylation sites (tertiary alicyclic amines) is 1. The van der Waals surface area contributed by atoms with Crippen LogP contribution in [0.1, 0.15) is 40.0 Å². The Hall–Kier alpha value is -1.65. The minimum atomic E-state index is -0.320. The first-order valence-corrected chi connectivity index (χ1v) is 7.60. The van der Waals surface area contributed by atoms with Gasteiger partial charge in [0.25, 0.3) is 11.8 Å². The van der Waals surface area contributed by atoms with E-state index in [2.05, 4.69) is 20.8 Å². The monoisotopic (exact) mass is 292 g/mol. The van der Waals surface area contributed by atoms with Crippen molar-refractivity contribution in [2.24, 2.45) is 11.3 Å². The van der Waals surface area contributed by atoms with Gasteiger partial charge in [0.05, 0.1) is 0 Å². The summed E-state index contributed by atoms with van der Waals surface area (Å²) in [7, 11) is 0. The standard InChI is InChI=1S/C16H24N2O3/c1-16(2,3)12-6-9-17(10-7-12)13(19)8-11-18-14(20)4-5-15(18)21/h4-5,12H,6-11H2,1-3H3. The van der Waals surface area contributed by atoms with Gasteiger partial charge in [0.2, 0.25) is 5.91 Å². The van der Waals surface area contributed by atoms with Crippen molar-refractivity contribution in [3.05, 3.63) is 12.2 Å². The Labute approximate surface area is 126 Å². The molecular weight excluding hydrogens is 268 g/mol. The largest absolute Gasteiger partial charge is 0.343 e. The third-order valence-electron chi connectivity index (χ3n) is 4.52. The Morgan fingerprint density at radius 3 is 2.14 bits per heavy atom. The molecule has 2 heterocycles. The number of amides is 3. The van der Waals surface area contributed by atoms with Crippen LogP contribution in [0.4, 0.5) is 0 Å². The highest BCUT2D eigenvalue weighted by Gasteiger charge is 2.31. The molecule has 0 aliphatic carbocycles. The van der Waals surface area contributed by atoms with Gasteiger partial charge in [-0.25, -0.2) is 0 Å². The smallest absolute Gasteiger partial charge is 0.253 e. The molecular formula is C16H24N2O3. The predicted octanol–water partition coefficient (Wildman–Crippen LogP) is 1.59. The zero-order valence-corrected chi connectivity index (χ0v) is 13.1. The third kappa shape index (κ3) is 3.71. The van der Waals surface area contributed by atoms with Gasteiger partial charge in [0.15, 0.2) is 0 Å². The number of carbonyl (C=O) groups excluding carboxylic acids is 3. The van der Waals surface area contributed by atoms with Crippen LogP contribution in [0.3, 0.4) is 0 Å². The van der Waals surface area contributed by atoms with E-state index in [1.807, 2.05) is 4.90 Å². The summed E-state index contributed by atoms with van der Waals surface area (Å²) in [5.74, 6) is 0.0424. The van der Waals surface area contributed by atoms with Crippen LogP contribution >= 0.6 is 0 Å². The highest BCUT2D eigenvalue weighted by molar-refractivity contribution is 6.13. The lowest BCUT2D eigenvalue weighted by atomic mass is 9.75. The van der Waals surface area contributed by atoms with Crippen LogP contribution in [-0.4, -0.2) is 47.2 Å². The molecule has 5 heteroatoms. The maximum Gasteiger partial charge on any atom is 0.253 e. The van der Waals surface area contributed by atoms with Gasteiger partial charge in [-0.1, -0.05) is 20.8 Å². The summed E-state index contributed by atoms with van der Waals surface area (Å²) < 4.78 is 0. The number of carbonyl (C=O) groups is 3. The average Bonchev–Trinajstić information content (AvgIpc) is 2.75. The van der Waals surface area contributed by atoms with E-state index in [1.165, 1.54) is 12.2 Å². The lowest BCUT2D eigenvalue weighted by molar-refractivity contribution is -0.138. The first kappa shape index (κ1) is 15.7. The highest BCUT2D eigenvalue weighted by atomic mass is 16.2. The van der Waals surface area contributed by atoms with E-state index < -0.39 is 0 Å². The second-order valence-corrected chi connectivity index (χ2v) is 6.93. The molecule has 2 rings (SSSR count). The molecule has 1 saturated heterocycles. The summed E-state index contributed by atoms with van der Waals surface area (Å²) in [6, 6.07) is 0. The fourth-order valence-electron chi connectivity index (χ4n) is 3.01. The van der Waals surface area contributed by atoms with Gasteiger partial charge in [0.1, 0.15) is 0 Å². The van der Waals surface area contributed by atoms with Crippen molar-refractivity contribution in [2.75, 3.05) is 19.6 Å². The van der Waals surface area contributed by atoms with Crippen LogP contribution in [0.2, 0.25) is 0 Å². The van der Waals surface area contributed by atoms with Gasteiger partial charge in [-0.2, -0.15) is 0 Å². The van der Waals surface area contributed by atoms with Gasteiger partial charge in [0, 0.05) is 38.2 Å². The van der Waals surface area contributed by atoms with E-state index in [-0.39, 0.29) is 36.1 Å². The minimum Gasteiger partial charge on any atom is -0.343 e. The third-order valence-corrected chi connectivity index (χ3v) is 4.52. The molecule has 5 nitrogen and oxygen atoms in total. The molecule has 0 radical (unpaired) electrons. The van der Waals surface area contributed by atoms with Crippen LogP contribution in [0, 0.1) is 11.3 Å². The number of nitrogens with zero attached hydrogens (tertiary/aromatic N) is 2. The first-order valence-electron chi connectivity index (χ1n) is 7.60. The predicted molar refractivity (Wildman–Crippen MR) is 79.2 cm³/mol. The molecule has 3 amide bonds. The molecule has 0 bridgehead atoms. The molecule has 0 saturated carbocycles. The molecule has 21 heavy (non-hydrogen) atoms. The average molecular weight is 292 g/mol. The summed E-state index contributed by atoms with van der Waals surface area (Å²) in [5, 5.41) is 0. The van der Waals surface area contributed by atoms with Crippen molar-refractivity contribution >= 4 is 17.7 Å². The number of imide groups is 1. The Bertz CT molecular complexity index is 450. The van der Waals surface area contributed by atoms with Crippen LogP contribution < -0.4 is 0 Å². The van der Waals surface area contributed by atoms with Gasteiger partial charge >= 0.3 is 0 Å². The lowest BCUT2D eigenvalue weighted by Crippen LogP contribution is -2.43. The second-order valence-electron chi connectivity index (χ2n) is 6.93. The molecule has 0 unspecified atom stereocenters. The number of hydrogen-bond acceptors (Lipinski definition) is 3. The normalized spacial score (nSPS) is 20.5. The van der Waals surface area contributed by atoms with E-state index in [1.54, 1.807) is 0 Å². The fraction of sp³-hybridized carbons (Fsp3) is 0.688. The summed E-state index contributed by atoms with van der Waals surface area (Å²) in [6.07, 6.45) is 4.78. The minimum absolute atomic E-state index is 0.0369. The number of hydrogen-bond donors (Lipinski definition) is 0. The summed E-state index contributed by atoms with van der Waals surface area (Å²) in [4.78, 5) is 38.0. The Morgan fingerprint density at radius 2 is 1.67 bits per heavy atom. The molecule has 0 aromatic rings. The van der Waals surface area contributed by atoms with Gasteiger partial charge in [-0.3, -0.25) is 19.3 Å². The molecule has 1 fully saturated rings. The van der Waals surface area contributed by atoms with E-state index in [9.17, 15) is 14.4 Å². The number of rotatable bonds is 3. The molecule has 0 atom stereocenters. The fourth-order valence-corrected chi connectivity index (χ4v) is 3.01. The summed E-state index contributed by atoms with van der Waals surface area (Å²) in [6.45, 7) is 8.47. The van der Waals surface area contributed by atoms with Crippen molar-refractivity contribution in [1.82, 2.24) is 9.80 Å². The van der Waals surface area contributed by atoms with Gasteiger partial charge in [-0.15, -0.1) is 0 Å². The Morgan fingerprint density at radius 1 is 1.14 bits per heavy atom. The summed E-state index contributed by atoms with van der Waals surface area (Å²) >= 11 is 0. The maximum absolute atomic E-state index is 12.2. The van der Waals surface area contributed by atoms with Crippen molar-refractivity contribution < 1.29 is 14.4 Å². The van der Waals surface area contributed by atoms with E-state index in [0.717, 1.165) is 30.8 Å². The molecule has 116 valence electrons. The molecule has 2 aliphatic rings. The van der Waals surface area contributed by atoms with Crippen LogP contribution in [0.15, 0.2) is 12.2 Å². The van der Waals surface area contributed by atoms with E-state index in [0.29, 0.717) is 5.92 Å². The van der Waals surface area contributed by atoms with Crippen molar-refractivity contribution in [3.8, 4) is 0 Å². The zero-order valence-electron chi connectivity index (χ0n) is 13.1. The van der Waals surface area contributed by atoms with Crippen molar-refractivity contribution in [2.45, 2.75) is 40.0 Å². The molecule has 0 spiro atoms. The van der Waals surface area contributed by atoms with Gasteiger partial charge in [-0.05, 0) is 24.2 Å². The van der Waals surface area contributed by atoms with Crippen LogP contribution in [0.25, 0.3) is 0 Å². The highest BCUT2D eigenvalue weighted by Crippen LogP contribution is 2.34. The van der Waals surface area contributed by atoms with Crippen molar-refractivity contribution in [1.29, 1.82) is 0 Å². The number of piperidine rings is 1. The quantitative estimate of drug-likeness (QED) is 0.742. The topological polar surface area (TPSA) is 57.7 Å². The maximum atomic E-state index is 12.2. The second kappa shape index (κ2) is 6.00. The molecule has 0 aromatic heterocycles. The zero-order chi connectivity index (χ0) is 15.6. The van der Waals surface area contributed by atoms with Gasteiger partial charge < -0.3 is 4.90 Å². The van der Waals surface area contributed by atoms with Crippen molar-refractivity contribution in [3.63, 3.8) is 0 Å². The lowest BCUT2D eigenvalue weighted by Gasteiger charge is -2.39. The Balaban J connectivity index is 1.78. The molecule has 2 aliphatic heterocycles. The SMILES string of the molecule is CC(C)(C)C1CCN(C(=O)CCN2C(=O)C=CC2=O)CC1.